The molecule has 0 aromatic rings. The third-order valence-corrected chi connectivity index (χ3v) is 6.24. The molecule has 2 aliphatic carbocycles. The second-order valence-corrected chi connectivity index (χ2v) is 7.84. The number of ether oxygens (including phenoxy) is 1. The molecule has 6 unspecified atom stereocenters. The number of ketones is 1. The molecule has 0 aliphatic heterocycles. The van der Waals surface area contributed by atoms with Crippen molar-refractivity contribution in [2.45, 2.75) is 53.6 Å². The minimum Gasteiger partial charge on any atom is -0.381 e. The van der Waals surface area contributed by atoms with Crippen molar-refractivity contribution in [2.75, 3.05) is 7.11 Å². The molecule has 138 valence electrons. The summed E-state index contributed by atoms with van der Waals surface area (Å²) in [5.74, 6) is 2.75. The van der Waals surface area contributed by atoms with Crippen molar-refractivity contribution in [3.05, 3.63) is 47.6 Å². The fourth-order valence-electron chi connectivity index (χ4n) is 4.97. The maximum absolute atomic E-state index is 11.2. The second-order valence-electron chi connectivity index (χ2n) is 7.84. The minimum absolute atomic E-state index is 0.0916. The standard InChI is InChI=1S/C23H34O2/c1-7-15(2)22-17(4)14-20-21(25-6)13-12-16(3)23(20)19(22)11-9-8-10-18(5)24/h7-11,14,16,19-23H,12-13H2,1-6H3/b10-8+,11-9+,15-7-. The normalized spacial score (nSPS) is 36.6. The summed E-state index contributed by atoms with van der Waals surface area (Å²) in [4.78, 5) is 11.2. The number of fused-ring (bicyclic) bond motifs is 1. The maximum atomic E-state index is 11.2. The highest BCUT2D eigenvalue weighted by Crippen LogP contribution is 2.51. The van der Waals surface area contributed by atoms with E-state index >= 15 is 0 Å². The summed E-state index contributed by atoms with van der Waals surface area (Å²) in [7, 11) is 1.85. The van der Waals surface area contributed by atoms with Gasteiger partial charge in [-0.3, -0.25) is 4.79 Å². The smallest absolute Gasteiger partial charge is 0.152 e. The van der Waals surface area contributed by atoms with Crippen LogP contribution in [-0.2, 0) is 9.53 Å². The van der Waals surface area contributed by atoms with Gasteiger partial charge in [-0.05, 0) is 64.4 Å². The number of allylic oxidation sites excluding steroid dienone is 7. The van der Waals surface area contributed by atoms with Gasteiger partial charge in [0.2, 0.25) is 0 Å². The van der Waals surface area contributed by atoms with Crippen molar-refractivity contribution in [1.29, 1.82) is 0 Å². The number of rotatable bonds is 5. The van der Waals surface area contributed by atoms with E-state index in [0.29, 0.717) is 35.7 Å². The van der Waals surface area contributed by atoms with Gasteiger partial charge in [-0.2, -0.15) is 0 Å². The van der Waals surface area contributed by atoms with Crippen molar-refractivity contribution in [2.24, 2.45) is 29.6 Å². The van der Waals surface area contributed by atoms with Crippen LogP contribution in [0.4, 0.5) is 0 Å². The van der Waals surface area contributed by atoms with Crippen LogP contribution in [0.25, 0.3) is 0 Å². The molecule has 0 radical (unpaired) electrons. The zero-order chi connectivity index (χ0) is 18.6. The number of carbonyl (C=O) groups excluding carboxylic acids is 1. The molecule has 0 bridgehead atoms. The Bertz CT molecular complexity index is 593. The van der Waals surface area contributed by atoms with Crippen LogP contribution in [0.1, 0.15) is 47.5 Å². The second kappa shape index (κ2) is 8.80. The first kappa shape index (κ1) is 19.9. The van der Waals surface area contributed by atoms with E-state index in [1.807, 2.05) is 13.2 Å². The van der Waals surface area contributed by atoms with Gasteiger partial charge >= 0.3 is 0 Å². The van der Waals surface area contributed by atoms with E-state index < -0.39 is 0 Å². The lowest BCUT2D eigenvalue weighted by Crippen LogP contribution is -2.45. The predicted molar refractivity (Wildman–Crippen MR) is 105 cm³/mol. The highest BCUT2D eigenvalue weighted by Gasteiger charge is 2.45. The molecule has 0 N–H and O–H groups in total. The van der Waals surface area contributed by atoms with Crippen molar-refractivity contribution in [3.63, 3.8) is 0 Å². The quantitative estimate of drug-likeness (QED) is 0.373. The van der Waals surface area contributed by atoms with Gasteiger partial charge in [0.25, 0.3) is 0 Å². The first-order valence-electron chi connectivity index (χ1n) is 9.60. The largest absolute Gasteiger partial charge is 0.381 e. The van der Waals surface area contributed by atoms with Crippen LogP contribution in [0.3, 0.4) is 0 Å². The predicted octanol–water partition coefficient (Wildman–Crippen LogP) is 5.52. The molecule has 1 saturated carbocycles. The van der Waals surface area contributed by atoms with E-state index in [2.05, 4.69) is 52.0 Å². The molecule has 0 heterocycles. The number of methoxy groups -OCH3 is 1. The van der Waals surface area contributed by atoms with Crippen molar-refractivity contribution in [3.8, 4) is 0 Å². The summed E-state index contributed by atoms with van der Waals surface area (Å²) in [5, 5.41) is 0. The minimum atomic E-state index is 0.0916. The van der Waals surface area contributed by atoms with Gasteiger partial charge in [0, 0.05) is 18.9 Å². The third-order valence-electron chi connectivity index (χ3n) is 6.24. The summed E-state index contributed by atoms with van der Waals surface area (Å²) >= 11 is 0. The van der Waals surface area contributed by atoms with Gasteiger partial charge in [-0.15, -0.1) is 0 Å². The molecule has 6 atom stereocenters. The summed E-state index contributed by atoms with van der Waals surface area (Å²) in [6.07, 6.45) is 15.4. The van der Waals surface area contributed by atoms with E-state index in [4.69, 9.17) is 4.74 Å². The Kier molecular flexibility index (Phi) is 7.01. The first-order valence-corrected chi connectivity index (χ1v) is 9.60. The van der Waals surface area contributed by atoms with Crippen molar-refractivity contribution >= 4 is 5.78 Å². The lowest BCUT2D eigenvalue weighted by molar-refractivity contribution is -0.112. The molecular formula is C23H34O2. The molecule has 1 fully saturated rings. The van der Waals surface area contributed by atoms with Gasteiger partial charge in [0.15, 0.2) is 5.78 Å². The average Bonchev–Trinajstić information content (AvgIpc) is 2.57. The summed E-state index contributed by atoms with van der Waals surface area (Å²) < 4.78 is 5.84. The van der Waals surface area contributed by atoms with Gasteiger partial charge < -0.3 is 4.74 Å². The van der Waals surface area contributed by atoms with Gasteiger partial charge in [-0.25, -0.2) is 0 Å². The Balaban J connectivity index is 2.43. The Labute approximate surface area is 153 Å². The van der Waals surface area contributed by atoms with E-state index in [0.717, 1.165) is 6.42 Å². The molecule has 2 rings (SSSR count). The van der Waals surface area contributed by atoms with Crippen LogP contribution in [0.15, 0.2) is 47.6 Å². The van der Waals surface area contributed by atoms with E-state index in [1.54, 1.807) is 13.0 Å². The summed E-state index contributed by atoms with van der Waals surface area (Å²) in [5.41, 5.74) is 2.89. The van der Waals surface area contributed by atoms with Crippen LogP contribution < -0.4 is 0 Å². The van der Waals surface area contributed by atoms with Crippen LogP contribution in [0, 0.1) is 29.6 Å². The van der Waals surface area contributed by atoms with E-state index in [1.165, 1.54) is 17.6 Å². The molecule has 0 spiro atoms. The molecule has 0 aromatic carbocycles. The molecule has 0 saturated heterocycles. The molecule has 2 aliphatic rings. The Morgan fingerprint density at radius 1 is 1.24 bits per heavy atom. The summed E-state index contributed by atoms with van der Waals surface area (Å²) in [6, 6.07) is 0. The van der Waals surface area contributed by atoms with Gasteiger partial charge in [0.05, 0.1) is 6.10 Å². The molecular weight excluding hydrogens is 308 g/mol. The van der Waals surface area contributed by atoms with Crippen LogP contribution in [0.2, 0.25) is 0 Å². The topological polar surface area (TPSA) is 26.3 Å². The van der Waals surface area contributed by atoms with Crippen molar-refractivity contribution < 1.29 is 9.53 Å². The Morgan fingerprint density at radius 2 is 1.96 bits per heavy atom. The zero-order valence-corrected chi connectivity index (χ0v) is 16.7. The lowest BCUT2D eigenvalue weighted by Gasteiger charge is -2.49. The van der Waals surface area contributed by atoms with Crippen LogP contribution in [-0.4, -0.2) is 19.0 Å². The molecule has 0 amide bonds. The Hall–Kier alpha value is -1.41. The van der Waals surface area contributed by atoms with Crippen LogP contribution in [0.5, 0.6) is 0 Å². The maximum Gasteiger partial charge on any atom is 0.152 e. The third kappa shape index (κ3) is 4.41. The fraction of sp³-hybridized carbons (Fsp3) is 0.609. The summed E-state index contributed by atoms with van der Waals surface area (Å²) in [6.45, 7) is 10.6. The first-order chi connectivity index (χ1) is 11.9. The van der Waals surface area contributed by atoms with E-state index in [-0.39, 0.29) is 5.78 Å². The monoisotopic (exact) mass is 342 g/mol. The molecule has 2 nitrogen and oxygen atoms in total. The lowest BCUT2D eigenvalue weighted by atomic mass is 9.57. The SMILES string of the molecule is C/C=C(/C)C1C(C)=CC2C(OC)CCC(C)C2C1/C=C/C=C/C(C)=O. The number of hydrogen-bond acceptors (Lipinski definition) is 2. The fourth-order valence-corrected chi connectivity index (χ4v) is 4.97. The number of hydrogen-bond donors (Lipinski definition) is 0. The molecule has 25 heavy (non-hydrogen) atoms. The van der Waals surface area contributed by atoms with Gasteiger partial charge in [0.1, 0.15) is 0 Å². The van der Waals surface area contributed by atoms with Crippen LogP contribution >= 0.6 is 0 Å². The van der Waals surface area contributed by atoms with Crippen molar-refractivity contribution in [1.82, 2.24) is 0 Å². The zero-order valence-electron chi connectivity index (χ0n) is 16.7. The van der Waals surface area contributed by atoms with E-state index in [9.17, 15) is 4.79 Å². The number of carbonyl (C=O) groups is 1. The highest BCUT2D eigenvalue weighted by molar-refractivity contribution is 5.87. The molecule has 2 heteroatoms. The Morgan fingerprint density at radius 3 is 2.56 bits per heavy atom. The highest BCUT2D eigenvalue weighted by atomic mass is 16.5. The average molecular weight is 343 g/mol. The van der Waals surface area contributed by atoms with Gasteiger partial charge in [-0.1, -0.05) is 48.5 Å². The molecule has 0 aromatic heterocycles.